The average Bonchev–Trinajstić information content (AvgIpc) is 2.98. The Morgan fingerprint density at radius 2 is 2.15 bits per heavy atom. The fraction of sp³-hybridized carbons (Fsp3) is 0.750. The van der Waals surface area contributed by atoms with Crippen LogP contribution < -0.4 is 5.73 Å². The molecule has 0 aliphatic carbocycles. The van der Waals surface area contributed by atoms with E-state index < -0.39 is 0 Å². The van der Waals surface area contributed by atoms with E-state index in [2.05, 4.69) is 51.8 Å². The Labute approximate surface area is 127 Å². The second-order valence-electron chi connectivity index (χ2n) is 6.80. The van der Waals surface area contributed by atoms with Gasteiger partial charge >= 0.3 is 0 Å². The van der Waals surface area contributed by atoms with Crippen molar-refractivity contribution in [3.63, 3.8) is 0 Å². The quantitative estimate of drug-likeness (QED) is 0.927. The van der Waals surface area contributed by atoms with Crippen LogP contribution in [0.1, 0.15) is 49.9 Å². The molecule has 2 heterocycles. The number of nitrogens with zero attached hydrogens (tertiary/aromatic N) is 1. The van der Waals surface area contributed by atoms with E-state index >= 15 is 0 Å². The van der Waals surface area contributed by atoms with E-state index in [4.69, 9.17) is 10.5 Å². The minimum Gasteiger partial charge on any atom is -0.377 e. The number of hydrogen-bond donors (Lipinski definition) is 1. The molecule has 3 atom stereocenters. The molecule has 114 valence electrons. The molecule has 1 aromatic heterocycles. The van der Waals surface area contributed by atoms with Gasteiger partial charge in [-0.3, -0.25) is 4.90 Å². The Bertz CT molecular complexity index is 438. The lowest BCUT2D eigenvalue weighted by Crippen LogP contribution is -2.41. The molecule has 0 aromatic carbocycles. The topological polar surface area (TPSA) is 38.5 Å². The summed E-state index contributed by atoms with van der Waals surface area (Å²) in [5, 5.41) is 0. The predicted octanol–water partition coefficient (Wildman–Crippen LogP) is 3.15. The van der Waals surface area contributed by atoms with Gasteiger partial charge < -0.3 is 10.5 Å². The van der Waals surface area contributed by atoms with Gasteiger partial charge in [-0.15, -0.1) is 11.3 Å². The van der Waals surface area contributed by atoms with Crippen molar-refractivity contribution in [2.24, 2.45) is 5.73 Å². The van der Waals surface area contributed by atoms with E-state index in [-0.39, 0.29) is 5.41 Å². The van der Waals surface area contributed by atoms with Gasteiger partial charge in [0.1, 0.15) is 0 Å². The highest BCUT2D eigenvalue weighted by Gasteiger charge is 2.32. The van der Waals surface area contributed by atoms with E-state index in [1.807, 2.05) is 11.3 Å². The Morgan fingerprint density at radius 3 is 2.60 bits per heavy atom. The summed E-state index contributed by atoms with van der Waals surface area (Å²) < 4.78 is 5.70. The van der Waals surface area contributed by atoms with Crippen molar-refractivity contribution in [2.45, 2.75) is 57.7 Å². The first-order valence-corrected chi connectivity index (χ1v) is 8.30. The van der Waals surface area contributed by atoms with Gasteiger partial charge in [-0.1, -0.05) is 20.8 Å². The summed E-state index contributed by atoms with van der Waals surface area (Å²) in [5.41, 5.74) is 6.27. The molecule has 1 saturated heterocycles. The van der Waals surface area contributed by atoms with E-state index in [1.165, 1.54) is 9.75 Å². The third-order valence-electron chi connectivity index (χ3n) is 4.27. The summed E-state index contributed by atoms with van der Waals surface area (Å²) in [6, 6.07) is 5.28. The second-order valence-corrected chi connectivity index (χ2v) is 7.92. The molecular weight excluding hydrogens is 268 g/mol. The molecule has 3 unspecified atom stereocenters. The number of hydrogen-bond acceptors (Lipinski definition) is 4. The van der Waals surface area contributed by atoms with E-state index in [9.17, 15) is 0 Å². The largest absolute Gasteiger partial charge is 0.377 e. The van der Waals surface area contributed by atoms with E-state index in [0.717, 1.165) is 13.0 Å². The molecule has 4 heteroatoms. The zero-order valence-electron chi connectivity index (χ0n) is 13.3. The fourth-order valence-corrected chi connectivity index (χ4v) is 4.14. The molecule has 1 aromatic rings. The number of rotatable bonds is 4. The van der Waals surface area contributed by atoms with Gasteiger partial charge in [-0.2, -0.15) is 0 Å². The molecule has 1 aliphatic heterocycles. The lowest BCUT2D eigenvalue weighted by Gasteiger charge is -2.33. The van der Waals surface area contributed by atoms with E-state index in [0.29, 0.717) is 24.7 Å². The van der Waals surface area contributed by atoms with Crippen LogP contribution in [0.4, 0.5) is 0 Å². The second kappa shape index (κ2) is 6.14. The van der Waals surface area contributed by atoms with Gasteiger partial charge in [0.05, 0.1) is 12.1 Å². The van der Waals surface area contributed by atoms with Crippen molar-refractivity contribution in [2.75, 3.05) is 20.2 Å². The minimum atomic E-state index is 0.213. The molecule has 2 rings (SSSR count). The maximum absolute atomic E-state index is 6.06. The Balaban J connectivity index is 2.17. The molecule has 2 N–H and O–H groups in total. The monoisotopic (exact) mass is 296 g/mol. The lowest BCUT2D eigenvalue weighted by molar-refractivity contribution is 0.0692. The number of likely N-dealkylation sites (N-methyl/N-ethyl adjacent to an activating group) is 1. The molecule has 0 bridgehead atoms. The van der Waals surface area contributed by atoms with Gasteiger partial charge in [0.15, 0.2) is 0 Å². The zero-order chi connectivity index (χ0) is 14.9. The summed E-state index contributed by atoms with van der Waals surface area (Å²) in [6.45, 7) is 10.5. The molecule has 20 heavy (non-hydrogen) atoms. The summed E-state index contributed by atoms with van der Waals surface area (Å²) in [5.74, 6) is 0. The van der Waals surface area contributed by atoms with Crippen molar-refractivity contribution in [1.29, 1.82) is 0 Å². The first-order valence-electron chi connectivity index (χ1n) is 7.48. The van der Waals surface area contributed by atoms with Gasteiger partial charge in [0.2, 0.25) is 0 Å². The van der Waals surface area contributed by atoms with Crippen LogP contribution in [0.2, 0.25) is 0 Å². The molecule has 1 fully saturated rings. The maximum atomic E-state index is 6.06. The van der Waals surface area contributed by atoms with Crippen molar-refractivity contribution >= 4 is 11.3 Å². The van der Waals surface area contributed by atoms with E-state index in [1.54, 1.807) is 0 Å². The average molecular weight is 296 g/mol. The van der Waals surface area contributed by atoms with Crippen molar-refractivity contribution in [3.8, 4) is 0 Å². The molecule has 0 radical (unpaired) electrons. The van der Waals surface area contributed by atoms with Gasteiger partial charge in [-0.25, -0.2) is 0 Å². The van der Waals surface area contributed by atoms with Crippen molar-refractivity contribution in [3.05, 3.63) is 21.9 Å². The van der Waals surface area contributed by atoms with Crippen LogP contribution >= 0.6 is 11.3 Å². The Morgan fingerprint density at radius 1 is 1.45 bits per heavy atom. The van der Waals surface area contributed by atoms with Gasteiger partial charge in [0, 0.05) is 28.9 Å². The zero-order valence-corrected chi connectivity index (χ0v) is 14.2. The first-order chi connectivity index (χ1) is 9.34. The normalized spacial score (nSPS) is 25.4. The molecular formula is C16H28N2OS. The van der Waals surface area contributed by atoms with Gasteiger partial charge in [0.25, 0.3) is 0 Å². The van der Waals surface area contributed by atoms with Crippen LogP contribution in [-0.2, 0) is 10.2 Å². The summed E-state index contributed by atoms with van der Waals surface area (Å²) >= 11 is 1.90. The standard InChI is InChI=1S/C16H28N2OS/c1-11-12(8-9-19-11)18(5)13(10-17)14-6-7-15(20-14)16(2,3)4/h6-7,11-13H,8-10,17H2,1-5H3. The van der Waals surface area contributed by atoms with Crippen LogP contribution in [-0.4, -0.2) is 37.2 Å². The number of thiophene rings is 1. The smallest absolute Gasteiger partial charge is 0.0703 e. The summed E-state index contributed by atoms with van der Waals surface area (Å²) in [7, 11) is 2.18. The van der Waals surface area contributed by atoms with Crippen LogP contribution in [0.5, 0.6) is 0 Å². The predicted molar refractivity (Wildman–Crippen MR) is 86.4 cm³/mol. The van der Waals surface area contributed by atoms with Crippen LogP contribution in [0, 0.1) is 0 Å². The summed E-state index contributed by atoms with van der Waals surface area (Å²) in [4.78, 5) is 5.21. The van der Waals surface area contributed by atoms with Crippen LogP contribution in [0.15, 0.2) is 12.1 Å². The summed E-state index contributed by atoms with van der Waals surface area (Å²) in [6.07, 6.45) is 1.40. The molecule has 0 saturated carbocycles. The number of nitrogens with two attached hydrogens (primary N) is 1. The third kappa shape index (κ3) is 3.25. The fourth-order valence-electron chi connectivity index (χ4n) is 2.90. The highest BCUT2D eigenvalue weighted by Crippen LogP contribution is 2.35. The molecule has 1 aliphatic rings. The molecule has 0 spiro atoms. The number of ether oxygens (including phenoxy) is 1. The highest BCUT2D eigenvalue weighted by molar-refractivity contribution is 7.12. The SMILES string of the molecule is CC1OCCC1N(C)C(CN)c1ccc(C(C)(C)C)s1. The third-order valence-corrected chi connectivity index (χ3v) is 5.88. The molecule has 0 amide bonds. The highest BCUT2D eigenvalue weighted by atomic mass is 32.1. The lowest BCUT2D eigenvalue weighted by atomic mass is 9.95. The Hall–Kier alpha value is -0.420. The van der Waals surface area contributed by atoms with Crippen LogP contribution in [0.3, 0.4) is 0 Å². The van der Waals surface area contributed by atoms with Crippen molar-refractivity contribution in [1.82, 2.24) is 4.90 Å². The first kappa shape index (κ1) is 16.0. The maximum Gasteiger partial charge on any atom is 0.0703 e. The van der Waals surface area contributed by atoms with Crippen LogP contribution in [0.25, 0.3) is 0 Å². The van der Waals surface area contributed by atoms with Gasteiger partial charge in [-0.05, 0) is 37.9 Å². The van der Waals surface area contributed by atoms with Crippen molar-refractivity contribution < 1.29 is 4.74 Å². The molecule has 3 nitrogen and oxygen atoms in total. The minimum absolute atomic E-state index is 0.213. The Kier molecular flexibility index (Phi) is 4.90.